The molecule has 120 valence electrons. The van der Waals surface area contributed by atoms with Gasteiger partial charge in [-0.2, -0.15) is 0 Å². The van der Waals surface area contributed by atoms with Crippen molar-refractivity contribution in [3.63, 3.8) is 0 Å². The fraction of sp³-hybridized carbons (Fsp3) is 0.357. The number of carbonyl (C=O) groups excluding carboxylic acids is 2. The number of aliphatic carboxylic acids is 1. The first-order chi connectivity index (χ1) is 10.3. The number of carboxylic acids is 1. The molecule has 1 atom stereocenters. The lowest BCUT2D eigenvalue weighted by Crippen LogP contribution is -2.31. The molecule has 1 rings (SSSR count). The van der Waals surface area contributed by atoms with Crippen molar-refractivity contribution in [3.05, 3.63) is 33.8 Å². The number of halogens is 2. The van der Waals surface area contributed by atoms with Crippen LogP contribution in [0.4, 0.5) is 0 Å². The van der Waals surface area contributed by atoms with Gasteiger partial charge in [-0.05, 0) is 17.7 Å². The van der Waals surface area contributed by atoms with E-state index < -0.39 is 23.9 Å². The number of hydrogen-bond donors (Lipinski definition) is 2. The van der Waals surface area contributed by atoms with Gasteiger partial charge in [0, 0.05) is 16.5 Å². The van der Waals surface area contributed by atoms with Gasteiger partial charge in [0.1, 0.15) is 0 Å². The number of hydrogen-bond acceptors (Lipinski definition) is 4. The molecule has 8 heteroatoms. The summed E-state index contributed by atoms with van der Waals surface area (Å²) < 4.78 is 4.59. The summed E-state index contributed by atoms with van der Waals surface area (Å²) >= 11 is 11.9. The van der Waals surface area contributed by atoms with Crippen LogP contribution in [-0.4, -0.2) is 30.1 Å². The standard InChI is InChI=1S/C14H15Cl2NO5/c1-22-14(21)7-11(17-12(18)4-5-13(19)20)9-3-2-8(15)6-10(9)16/h2-3,6,11H,4-5,7H2,1H3,(H,17,18)(H,19,20)/t11-/m1/s1. The minimum absolute atomic E-state index is 0.128. The molecule has 1 aromatic carbocycles. The van der Waals surface area contributed by atoms with Crippen LogP contribution in [0.1, 0.15) is 30.9 Å². The van der Waals surface area contributed by atoms with Crippen LogP contribution in [0.2, 0.25) is 10.0 Å². The van der Waals surface area contributed by atoms with Gasteiger partial charge in [-0.25, -0.2) is 0 Å². The highest BCUT2D eigenvalue weighted by atomic mass is 35.5. The van der Waals surface area contributed by atoms with E-state index in [0.29, 0.717) is 15.6 Å². The van der Waals surface area contributed by atoms with E-state index in [2.05, 4.69) is 10.1 Å². The minimum Gasteiger partial charge on any atom is -0.481 e. The van der Waals surface area contributed by atoms with Crippen LogP contribution in [0, 0.1) is 0 Å². The number of nitrogens with one attached hydrogen (secondary N) is 1. The molecule has 1 amide bonds. The van der Waals surface area contributed by atoms with Gasteiger partial charge in [0.05, 0.1) is 26.0 Å². The number of benzene rings is 1. The van der Waals surface area contributed by atoms with Gasteiger partial charge in [0.25, 0.3) is 0 Å². The van der Waals surface area contributed by atoms with E-state index in [-0.39, 0.29) is 19.3 Å². The van der Waals surface area contributed by atoms with Crippen LogP contribution in [0.25, 0.3) is 0 Å². The highest BCUT2D eigenvalue weighted by Crippen LogP contribution is 2.28. The maximum atomic E-state index is 11.8. The third-order valence-corrected chi connectivity index (χ3v) is 3.40. The van der Waals surface area contributed by atoms with Crippen molar-refractivity contribution in [3.8, 4) is 0 Å². The molecule has 0 radical (unpaired) electrons. The fourth-order valence-electron chi connectivity index (χ4n) is 1.76. The predicted molar refractivity (Wildman–Crippen MR) is 80.8 cm³/mol. The van der Waals surface area contributed by atoms with Gasteiger partial charge in [0.2, 0.25) is 5.91 Å². The first-order valence-corrected chi connectivity index (χ1v) is 7.12. The van der Waals surface area contributed by atoms with Crippen molar-refractivity contribution >= 4 is 41.0 Å². The van der Waals surface area contributed by atoms with E-state index in [4.69, 9.17) is 28.3 Å². The molecule has 0 aliphatic heterocycles. The number of amides is 1. The second kappa shape index (κ2) is 8.60. The zero-order valence-corrected chi connectivity index (χ0v) is 13.3. The van der Waals surface area contributed by atoms with Gasteiger partial charge < -0.3 is 15.2 Å². The Kier molecular flexibility index (Phi) is 7.14. The zero-order valence-electron chi connectivity index (χ0n) is 11.8. The van der Waals surface area contributed by atoms with Gasteiger partial charge in [-0.1, -0.05) is 29.3 Å². The van der Waals surface area contributed by atoms with Crippen molar-refractivity contribution in [2.75, 3.05) is 7.11 Å². The highest BCUT2D eigenvalue weighted by molar-refractivity contribution is 6.35. The number of carboxylic acid groups (broad SMARTS) is 1. The van der Waals surface area contributed by atoms with Gasteiger partial charge in [0.15, 0.2) is 0 Å². The Morgan fingerprint density at radius 3 is 2.50 bits per heavy atom. The van der Waals surface area contributed by atoms with E-state index >= 15 is 0 Å². The average molecular weight is 348 g/mol. The Morgan fingerprint density at radius 2 is 1.95 bits per heavy atom. The van der Waals surface area contributed by atoms with E-state index in [0.717, 1.165) is 0 Å². The van der Waals surface area contributed by atoms with E-state index in [1.807, 2.05) is 0 Å². The molecule has 0 heterocycles. The Bertz CT molecular complexity index is 576. The zero-order chi connectivity index (χ0) is 16.7. The maximum absolute atomic E-state index is 11.8. The van der Waals surface area contributed by atoms with Crippen molar-refractivity contribution in [2.24, 2.45) is 0 Å². The molecule has 0 aliphatic rings. The van der Waals surface area contributed by atoms with Crippen molar-refractivity contribution < 1.29 is 24.2 Å². The molecule has 6 nitrogen and oxygen atoms in total. The summed E-state index contributed by atoms with van der Waals surface area (Å²) in [5, 5.41) is 11.9. The number of ether oxygens (including phenoxy) is 1. The Balaban J connectivity index is 2.90. The second-order valence-corrected chi connectivity index (χ2v) is 5.30. The molecule has 22 heavy (non-hydrogen) atoms. The lowest BCUT2D eigenvalue weighted by Gasteiger charge is -2.19. The molecular formula is C14H15Cl2NO5. The molecule has 1 aromatic rings. The predicted octanol–water partition coefficient (Wildman–Crippen LogP) is 2.58. The van der Waals surface area contributed by atoms with Gasteiger partial charge >= 0.3 is 11.9 Å². The van der Waals surface area contributed by atoms with Crippen LogP contribution in [0.5, 0.6) is 0 Å². The Labute approximate surface area is 137 Å². The molecule has 0 spiro atoms. The normalized spacial score (nSPS) is 11.6. The lowest BCUT2D eigenvalue weighted by atomic mass is 10.0. The smallest absolute Gasteiger partial charge is 0.307 e. The summed E-state index contributed by atoms with van der Waals surface area (Å²) in [7, 11) is 1.23. The van der Waals surface area contributed by atoms with Crippen LogP contribution in [0.15, 0.2) is 18.2 Å². The number of rotatable bonds is 7. The monoisotopic (exact) mass is 347 g/mol. The first kappa shape index (κ1) is 18.3. The van der Waals surface area contributed by atoms with Gasteiger partial charge in [-0.3, -0.25) is 14.4 Å². The highest BCUT2D eigenvalue weighted by Gasteiger charge is 2.21. The van der Waals surface area contributed by atoms with Crippen molar-refractivity contribution in [1.82, 2.24) is 5.32 Å². The molecular weight excluding hydrogens is 333 g/mol. The van der Waals surface area contributed by atoms with Crippen LogP contribution in [-0.2, 0) is 19.1 Å². The first-order valence-electron chi connectivity index (χ1n) is 6.36. The van der Waals surface area contributed by atoms with Crippen LogP contribution in [0.3, 0.4) is 0 Å². The maximum Gasteiger partial charge on any atom is 0.307 e. The van der Waals surface area contributed by atoms with Crippen molar-refractivity contribution in [2.45, 2.75) is 25.3 Å². The summed E-state index contributed by atoms with van der Waals surface area (Å²) in [6, 6.07) is 3.94. The van der Waals surface area contributed by atoms with Gasteiger partial charge in [-0.15, -0.1) is 0 Å². The quantitative estimate of drug-likeness (QED) is 0.739. The molecule has 2 N–H and O–H groups in total. The largest absolute Gasteiger partial charge is 0.481 e. The molecule has 0 bridgehead atoms. The van der Waals surface area contributed by atoms with Crippen LogP contribution >= 0.6 is 23.2 Å². The van der Waals surface area contributed by atoms with E-state index in [1.54, 1.807) is 12.1 Å². The fourth-order valence-corrected chi connectivity index (χ4v) is 2.30. The summed E-state index contributed by atoms with van der Waals surface area (Å²) in [6.45, 7) is 0. The summed E-state index contributed by atoms with van der Waals surface area (Å²) in [5.74, 6) is -2.11. The van der Waals surface area contributed by atoms with E-state index in [1.165, 1.54) is 13.2 Å². The third-order valence-electron chi connectivity index (χ3n) is 2.84. The molecule has 0 fully saturated rings. The summed E-state index contributed by atoms with van der Waals surface area (Å²) in [5.41, 5.74) is 0.500. The molecule has 0 saturated carbocycles. The van der Waals surface area contributed by atoms with Crippen LogP contribution < -0.4 is 5.32 Å². The Morgan fingerprint density at radius 1 is 1.27 bits per heavy atom. The average Bonchev–Trinajstić information content (AvgIpc) is 2.44. The topological polar surface area (TPSA) is 92.7 Å². The summed E-state index contributed by atoms with van der Waals surface area (Å²) in [4.78, 5) is 33.8. The van der Waals surface area contributed by atoms with E-state index in [9.17, 15) is 14.4 Å². The number of esters is 1. The molecule has 0 aliphatic carbocycles. The molecule has 0 aromatic heterocycles. The SMILES string of the molecule is COC(=O)C[C@@H](NC(=O)CCC(=O)O)c1ccc(Cl)cc1Cl. The molecule has 0 unspecified atom stereocenters. The Hall–Kier alpha value is -1.79. The lowest BCUT2D eigenvalue weighted by molar-refractivity contribution is -0.142. The van der Waals surface area contributed by atoms with Crippen molar-refractivity contribution in [1.29, 1.82) is 0 Å². The number of methoxy groups -OCH3 is 1. The third kappa shape index (κ3) is 5.91. The molecule has 0 saturated heterocycles. The summed E-state index contributed by atoms with van der Waals surface area (Å²) in [6.07, 6.45) is -0.625. The number of carbonyl (C=O) groups is 3. The second-order valence-electron chi connectivity index (χ2n) is 4.46. The minimum atomic E-state index is -1.08.